The first-order chi connectivity index (χ1) is 15.5. The van der Waals surface area contributed by atoms with E-state index < -0.39 is 27.4 Å². The number of nitrogens with one attached hydrogen (secondary N) is 1. The Balaban J connectivity index is 2.01. The lowest BCUT2D eigenvalue weighted by Gasteiger charge is -2.46. The molecule has 0 bridgehead atoms. The lowest BCUT2D eigenvalue weighted by molar-refractivity contribution is -0.133. The fraction of sp³-hybridized carbons (Fsp3) is 0.391. The molecule has 2 aromatic rings. The highest BCUT2D eigenvalue weighted by Crippen LogP contribution is 2.35. The SMILES string of the molecule is COc1cc(OC)cc(N2C(=O)CN(S(C)(=O)=O)C[C@]2(C)C(=O)NCc2ccc(C)cc2)c1. The second kappa shape index (κ2) is 9.40. The lowest BCUT2D eigenvalue weighted by Crippen LogP contribution is -2.70. The minimum atomic E-state index is -3.71. The smallest absolute Gasteiger partial charge is 0.247 e. The number of anilines is 1. The minimum absolute atomic E-state index is 0.198. The van der Waals surface area contributed by atoms with Gasteiger partial charge in [0.2, 0.25) is 21.8 Å². The molecule has 1 aliphatic heterocycles. The highest BCUT2D eigenvalue weighted by Gasteiger charge is 2.50. The van der Waals surface area contributed by atoms with E-state index in [2.05, 4.69) is 5.32 Å². The van der Waals surface area contributed by atoms with Gasteiger partial charge in [-0.25, -0.2) is 8.42 Å². The molecule has 10 heteroatoms. The number of hydrogen-bond acceptors (Lipinski definition) is 6. The highest BCUT2D eigenvalue weighted by molar-refractivity contribution is 7.88. The standard InChI is InChI=1S/C23H29N3O6S/c1-16-6-8-17(9-7-16)13-24-22(28)23(2)15-25(33(5,29)30)14-21(27)26(23)18-10-19(31-3)12-20(11-18)32-4/h6-12H,13-15H2,1-5H3,(H,24,28)/t23-/m1/s1. The van der Waals surface area contributed by atoms with Gasteiger partial charge in [0.25, 0.3) is 0 Å². The first-order valence-electron chi connectivity index (χ1n) is 10.3. The van der Waals surface area contributed by atoms with Crippen LogP contribution in [0.15, 0.2) is 42.5 Å². The summed E-state index contributed by atoms with van der Waals surface area (Å²) in [7, 11) is -0.747. The zero-order valence-electron chi connectivity index (χ0n) is 19.4. The number of rotatable bonds is 7. The van der Waals surface area contributed by atoms with E-state index in [9.17, 15) is 18.0 Å². The van der Waals surface area contributed by atoms with Crippen LogP contribution in [0.2, 0.25) is 0 Å². The van der Waals surface area contributed by atoms with Gasteiger partial charge in [-0.15, -0.1) is 0 Å². The van der Waals surface area contributed by atoms with Gasteiger partial charge in [-0.3, -0.25) is 14.5 Å². The van der Waals surface area contributed by atoms with Gasteiger partial charge in [0.05, 0.1) is 32.7 Å². The Morgan fingerprint density at radius 1 is 1.09 bits per heavy atom. The molecule has 178 valence electrons. The van der Waals surface area contributed by atoms with Gasteiger partial charge in [0.1, 0.15) is 17.0 Å². The fourth-order valence-electron chi connectivity index (χ4n) is 3.80. The van der Waals surface area contributed by atoms with Crippen LogP contribution in [0.4, 0.5) is 5.69 Å². The van der Waals surface area contributed by atoms with Crippen LogP contribution in [0.25, 0.3) is 0 Å². The Bertz CT molecular complexity index is 1130. The van der Waals surface area contributed by atoms with Gasteiger partial charge >= 0.3 is 0 Å². The van der Waals surface area contributed by atoms with Gasteiger partial charge in [0.15, 0.2) is 0 Å². The summed E-state index contributed by atoms with van der Waals surface area (Å²) < 4.78 is 36.2. The van der Waals surface area contributed by atoms with Crippen molar-refractivity contribution in [2.24, 2.45) is 0 Å². The number of aryl methyl sites for hydroxylation is 1. The number of ether oxygens (including phenoxy) is 2. The molecule has 0 saturated carbocycles. The molecule has 1 N–H and O–H groups in total. The monoisotopic (exact) mass is 475 g/mol. The molecule has 9 nitrogen and oxygen atoms in total. The number of hydrogen-bond donors (Lipinski definition) is 1. The molecular formula is C23H29N3O6S. The molecule has 1 fully saturated rings. The number of sulfonamides is 1. The van der Waals surface area contributed by atoms with Crippen molar-refractivity contribution in [1.82, 2.24) is 9.62 Å². The molecule has 0 aliphatic carbocycles. The summed E-state index contributed by atoms with van der Waals surface area (Å²) in [5.41, 5.74) is 0.837. The Morgan fingerprint density at radius 2 is 1.67 bits per heavy atom. The number of nitrogens with zero attached hydrogens (tertiary/aromatic N) is 2. The maximum absolute atomic E-state index is 13.5. The molecule has 1 aliphatic rings. The molecule has 2 aromatic carbocycles. The van der Waals surface area contributed by atoms with Crippen molar-refractivity contribution in [3.8, 4) is 11.5 Å². The van der Waals surface area contributed by atoms with E-state index in [1.54, 1.807) is 25.1 Å². The molecule has 0 spiro atoms. The summed E-state index contributed by atoms with van der Waals surface area (Å²) in [6.45, 7) is 3.18. The fourth-order valence-corrected chi connectivity index (χ4v) is 4.63. The van der Waals surface area contributed by atoms with Crippen LogP contribution >= 0.6 is 0 Å². The van der Waals surface area contributed by atoms with Gasteiger partial charge in [0, 0.05) is 31.3 Å². The van der Waals surface area contributed by atoms with Crippen LogP contribution in [0, 0.1) is 6.92 Å². The van der Waals surface area contributed by atoms with Crippen molar-refractivity contribution < 1.29 is 27.5 Å². The Morgan fingerprint density at radius 3 is 2.18 bits per heavy atom. The Labute approximate surface area is 194 Å². The minimum Gasteiger partial charge on any atom is -0.497 e. The van der Waals surface area contributed by atoms with Crippen LogP contribution in [-0.4, -0.2) is 63.6 Å². The van der Waals surface area contributed by atoms with Crippen LogP contribution in [0.5, 0.6) is 11.5 Å². The predicted molar refractivity (Wildman–Crippen MR) is 125 cm³/mol. The molecule has 0 radical (unpaired) electrons. The largest absolute Gasteiger partial charge is 0.497 e. The van der Waals surface area contributed by atoms with Crippen molar-refractivity contribution in [2.75, 3.05) is 38.5 Å². The van der Waals surface area contributed by atoms with E-state index in [1.807, 2.05) is 31.2 Å². The van der Waals surface area contributed by atoms with Crippen molar-refractivity contribution in [3.63, 3.8) is 0 Å². The number of benzene rings is 2. The van der Waals surface area contributed by atoms with E-state index in [1.165, 1.54) is 19.1 Å². The van der Waals surface area contributed by atoms with Gasteiger partial charge < -0.3 is 14.8 Å². The van der Waals surface area contributed by atoms with Crippen LogP contribution in [0.3, 0.4) is 0 Å². The molecule has 0 aromatic heterocycles. The Hall–Kier alpha value is -3.11. The van der Waals surface area contributed by atoms with Gasteiger partial charge in [-0.1, -0.05) is 29.8 Å². The maximum Gasteiger partial charge on any atom is 0.247 e. The molecule has 1 heterocycles. The summed E-state index contributed by atoms with van der Waals surface area (Å²) >= 11 is 0. The third kappa shape index (κ3) is 5.28. The summed E-state index contributed by atoms with van der Waals surface area (Å²) in [6.07, 6.45) is 1.02. The van der Waals surface area contributed by atoms with E-state index in [4.69, 9.17) is 9.47 Å². The zero-order valence-corrected chi connectivity index (χ0v) is 20.2. The van der Waals surface area contributed by atoms with E-state index in [0.717, 1.165) is 21.7 Å². The summed E-state index contributed by atoms with van der Waals surface area (Å²) in [4.78, 5) is 28.0. The lowest BCUT2D eigenvalue weighted by atomic mass is 9.94. The second-order valence-electron chi connectivity index (χ2n) is 8.27. The first-order valence-corrected chi connectivity index (χ1v) is 12.2. The van der Waals surface area contributed by atoms with Gasteiger partial charge in [-0.05, 0) is 19.4 Å². The van der Waals surface area contributed by atoms with Crippen molar-refractivity contribution >= 4 is 27.5 Å². The quantitative estimate of drug-likeness (QED) is 0.654. The van der Waals surface area contributed by atoms with E-state index >= 15 is 0 Å². The molecule has 2 amide bonds. The number of piperazine rings is 1. The second-order valence-corrected chi connectivity index (χ2v) is 10.3. The molecule has 3 rings (SSSR count). The average molecular weight is 476 g/mol. The van der Waals surface area contributed by atoms with Crippen molar-refractivity contribution in [2.45, 2.75) is 25.9 Å². The van der Waals surface area contributed by atoms with Crippen molar-refractivity contribution in [1.29, 1.82) is 0 Å². The molecule has 33 heavy (non-hydrogen) atoms. The third-order valence-corrected chi connectivity index (χ3v) is 6.86. The third-order valence-electron chi connectivity index (χ3n) is 5.67. The number of amides is 2. The first kappa shape index (κ1) is 24.5. The van der Waals surface area contributed by atoms with Crippen molar-refractivity contribution in [3.05, 3.63) is 53.6 Å². The summed E-state index contributed by atoms with van der Waals surface area (Å²) in [5, 5.41) is 2.86. The maximum atomic E-state index is 13.5. The number of carbonyl (C=O) groups excluding carboxylic acids is 2. The highest BCUT2D eigenvalue weighted by atomic mass is 32.2. The summed E-state index contributed by atoms with van der Waals surface area (Å²) in [5.74, 6) is -0.142. The normalized spacial score (nSPS) is 19.3. The topological polar surface area (TPSA) is 105 Å². The molecular weight excluding hydrogens is 446 g/mol. The van der Waals surface area contributed by atoms with Crippen LogP contribution in [-0.2, 0) is 26.2 Å². The zero-order chi connectivity index (χ0) is 24.4. The van der Waals surface area contributed by atoms with E-state index in [-0.39, 0.29) is 19.6 Å². The number of carbonyl (C=O) groups is 2. The summed E-state index contributed by atoms with van der Waals surface area (Å²) in [6, 6.07) is 12.6. The Kier molecular flexibility index (Phi) is 6.99. The molecule has 0 unspecified atom stereocenters. The van der Waals surface area contributed by atoms with Crippen LogP contribution < -0.4 is 19.7 Å². The average Bonchev–Trinajstić information content (AvgIpc) is 2.77. The van der Waals surface area contributed by atoms with Gasteiger partial charge in [-0.2, -0.15) is 4.31 Å². The van der Waals surface area contributed by atoms with Crippen LogP contribution in [0.1, 0.15) is 18.1 Å². The van der Waals surface area contributed by atoms with E-state index in [0.29, 0.717) is 17.2 Å². The number of methoxy groups -OCH3 is 2. The molecule has 1 atom stereocenters. The molecule has 1 saturated heterocycles. The predicted octanol–water partition coefficient (Wildman–Crippen LogP) is 1.70.